The highest BCUT2D eigenvalue weighted by molar-refractivity contribution is 7.53. The van der Waals surface area contributed by atoms with Crippen molar-refractivity contribution in [3.63, 3.8) is 0 Å². The van der Waals surface area contributed by atoms with Crippen LogP contribution in [0.2, 0.25) is 0 Å². The van der Waals surface area contributed by atoms with Crippen LogP contribution in [0.1, 0.15) is 41.0 Å². The quantitative estimate of drug-likeness (QED) is 0.757. The van der Waals surface area contributed by atoms with Gasteiger partial charge in [-0.1, -0.05) is 13.8 Å². The lowest BCUT2D eigenvalue weighted by Gasteiger charge is -2.39. The van der Waals surface area contributed by atoms with Crippen LogP contribution in [-0.4, -0.2) is 53.8 Å². The van der Waals surface area contributed by atoms with E-state index in [1.165, 1.54) is 0 Å². The van der Waals surface area contributed by atoms with E-state index >= 15 is 0 Å². The second-order valence-corrected chi connectivity index (χ2v) is 8.89. The first-order valence-corrected chi connectivity index (χ1v) is 9.24. The molecule has 0 aromatic heterocycles. The van der Waals surface area contributed by atoms with Crippen LogP contribution in [-0.2, 0) is 23.3 Å². The minimum atomic E-state index is -3.70. The van der Waals surface area contributed by atoms with Gasteiger partial charge in [-0.15, -0.1) is 0 Å². The van der Waals surface area contributed by atoms with E-state index < -0.39 is 25.0 Å². The fraction of sp³-hybridized carbons (Fsp3) is 1.00. The first-order valence-electron chi connectivity index (χ1n) is 7.60. The molecular weight excluding hydrogens is 295 g/mol. The summed E-state index contributed by atoms with van der Waals surface area (Å²) in [6, 6.07) is 0. The Kier molecular flexibility index (Phi) is 5.19. The van der Waals surface area contributed by atoms with Crippen LogP contribution in [0, 0.1) is 0 Å². The van der Waals surface area contributed by atoms with Crippen molar-refractivity contribution in [3.05, 3.63) is 0 Å². The maximum atomic E-state index is 12.3. The first-order chi connectivity index (χ1) is 9.68. The zero-order chi connectivity index (χ0) is 15.8. The second-order valence-electron chi connectivity index (χ2n) is 6.52. The number of fused-ring (bicyclic) bond motifs is 2. The molecule has 6 nitrogen and oxygen atoms in total. The minimum absolute atomic E-state index is 0.0619. The smallest absolute Gasteiger partial charge is 0.331 e. The Morgan fingerprint density at radius 1 is 1.38 bits per heavy atom. The molecule has 2 unspecified atom stereocenters. The molecule has 0 saturated carbocycles. The standard InChI is InChI=1S/C14H27O6P/c1-9(2)18-8-14-6-7-17-12(11(5)19-14)13(14)20-21(15,16)10(3)4/h9-13H,6-8H2,1-5H3,(H,15,16)/t11-,12+,13?,14+/m0/s1. The van der Waals surface area contributed by atoms with Crippen LogP contribution in [0.3, 0.4) is 0 Å². The molecule has 7 heteroatoms. The van der Waals surface area contributed by atoms with E-state index in [2.05, 4.69) is 0 Å². The van der Waals surface area contributed by atoms with Gasteiger partial charge >= 0.3 is 7.60 Å². The summed E-state index contributed by atoms with van der Waals surface area (Å²) in [6.45, 7) is 10.0. The van der Waals surface area contributed by atoms with Crippen molar-refractivity contribution in [1.82, 2.24) is 0 Å². The van der Waals surface area contributed by atoms with Crippen molar-refractivity contribution in [1.29, 1.82) is 0 Å². The zero-order valence-corrected chi connectivity index (χ0v) is 14.3. The lowest BCUT2D eigenvalue weighted by atomic mass is 9.90. The van der Waals surface area contributed by atoms with Crippen molar-refractivity contribution in [3.8, 4) is 0 Å². The highest BCUT2D eigenvalue weighted by Crippen LogP contribution is 2.54. The Labute approximate surface area is 126 Å². The van der Waals surface area contributed by atoms with Gasteiger partial charge in [0.1, 0.15) is 17.8 Å². The van der Waals surface area contributed by atoms with Crippen LogP contribution < -0.4 is 0 Å². The van der Waals surface area contributed by atoms with E-state index in [0.717, 1.165) is 0 Å². The van der Waals surface area contributed by atoms with Gasteiger partial charge in [0.2, 0.25) is 0 Å². The average Bonchev–Trinajstić information content (AvgIpc) is 2.53. The highest BCUT2D eigenvalue weighted by Gasteiger charge is 2.59. The van der Waals surface area contributed by atoms with Gasteiger partial charge in [-0.25, -0.2) is 0 Å². The summed E-state index contributed by atoms with van der Waals surface area (Å²) in [5, 5.41) is 0. The third kappa shape index (κ3) is 3.52. The molecule has 0 spiro atoms. The average molecular weight is 322 g/mol. The molecule has 0 aromatic rings. The summed E-state index contributed by atoms with van der Waals surface area (Å²) in [5.41, 5.74) is -1.16. The molecule has 0 aliphatic carbocycles. The Morgan fingerprint density at radius 3 is 2.62 bits per heavy atom. The predicted octanol–water partition coefficient (Wildman–Crippen LogP) is 2.34. The van der Waals surface area contributed by atoms with Gasteiger partial charge in [0.05, 0.1) is 31.1 Å². The second kappa shape index (κ2) is 6.26. The molecule has 0 amide bonds. The molecule has 2 rings (SSSR count). The highest BCUT2D eigenvalue weighted by atomic mass is 31.2. The van der Waals surface area contributed by atoms with Crippen LogP contribution in [0.15, 0.2) is 0 Å². The Bertz CT molecular complexity index is 412. The van der Waals surface area contributed by atoms with Crippen molar-refractivity contribution < 1.29 is 28.2 Å². The Hall–Kier alpha value is 0.0300. The lowest BCUT2D eigenvalue weighted by Crippen LogP contribution is -2.53. The normalized spacial score (nSPS) is 39.0. The monoisotopic (exact) mass is 322 g/mol. The van der Waals surface area contributed by atoms with Crippen molar-refractivity contribution in [2.45, 2.75) is 76.7 Å². The van der Waals surface area contributed by atoms with E-state index in [0.29, 0.717) is 19.6 Å². The van der Waals surface area contributed by atoms with Gasteiger partial charge in [-0.2, -0.15) is 0 Å². The number of hydrogen-bond donors (Lipinski definition) is 1. The van der Waals surface area contributed by atoms with Gasteiger partial charge in [-0.3, -0.25) is 9.09 Å². The number of hydrogen-bond acceptors (Lipinski definition) is 5. The molecule has 5 atom stereocenters. The maximum absolute atomic E-state index is 12.3. The zero-order valence-electron chi connectivity index (χ0n) is 13.4. The van der Waals surface area contributed by atoms with E-state index in [9.17, 15) is 9.46 Å². The van der Waals surface area contributed by atoms with Crippen LogP contribution in [0.25, 0.3) is 0 Å². The van der Waals surface area contributed by atoms with Gasteiger partial charge in [0.15, 0.2) is 0 Å². The fourth-order valence-electron chi connectivity index (χ4n) is 2.78. The third-order valence-electron chi connectivity index (χ3n) is 4.11. The molecule has 2 bridgehead atoms. The van der Waals surface area contributed by atoms with E-state index in [1.807, 2.05) is 20.8 Å². The first kappa shape index (κ1) is 17.4. The summed E-state index contributed by atoms with van der Waals surface area (Å²) >= 11 is 0. The topological polar surface area (TPSA) is 74.2 Å². The van der Waals surface area contributed by atoms with Gasteiger partial charge in [-0.05, 0) is 20.8 Å². The number of ether oxygens (including phenoxy) is 3. The molecule has 0 radical (unpaired) electrons. The summed E-state index contributed by atoms with van der Waals surface area (Å²) in [6.07, 6.45) is -0.414. The van der Waals surface area contributed by atoms with Crippen molar-refractivity contribution in [2.24, 2.45) is 0 Å². The SMILES string of the molecule is CC(C)OC[C@]12CCO[C@@H](C1OP(=O)(O)C(C)C)[C@H](C)O2. The fourth-order valence-corrected chi connectivity index (χ4v) is 3.66. The van der Waals surface area contributed by atoms with E-state index in [-0.39, 0.29) is 18.3 Å². The number of rotatable bonds is 6. The van der Waals surface area contributed by atoms with E-state index in [1.54, 1.807) is 13.8 Å². The molecule has 2 aliphatic rings. The van der Waals surface area contributed by atoms with Crippen molar-refractivity contribution in [2.75, 3.05) is 13.2 Å². The van der Waals surface area contributed by atoms with Gasteiger partial charge in [0, 0.05) is 6.42 Å². The predicted molar refractivity (Wildman–Crippen MR) is 78.6 cm³/mol. The summed E-state index contributed by atoms with van der Waals surface area (Å²) in [7, 11) is -3.70. The Morgan fingerprint density at radius 2 is 2.05 bits per heavy atom. The van der Waals surface area contributed by atoms with Crippen molar-refractivity contribution >= 4 is 7.60 Å². The Balaban J connectivity index is 2.21. The maximum Gasteiger partial charge on any atom is 0.331 e. The third-order valence-corrected chi connectivity index (χ3v) is 5.95. The molecule has 0 aromatic carbocycles. The molecule has 1 N–H and O–H groups in total. The molecule has 2 heterocycles. The summed E-state index contributed by atoms with van der Waals surface area (Å²) < 4.78 is 35.4. The largest absolute Gasteiger partial charge is 0.376 e. The van der Waals surface area contributed by atoms with Crippen LogP contribution >= 0.6 is 7.60 Å². The summed E-state index contributed by atoms with van der Waals surface area (Å²) in [5.74, 6) is 0. The minimum Gasteiger partial charge on any atom is -0.376 e. The molecular formula is C14H27O6P. The lowest BCUT2D eigenvalue weighted by molar-refractivity contribution is -0.151. The molecule has 2 saturated heterocycles. The van der Waals surface area contributed by atoms with E-state index in [4.69, 9.17) is 18.7 Å². The van der Waals surface area contributed by atoms with Crippen LogP contribution in [0.5, 0.6) is 0 Å². The van der Waals surface area contributed by atoms with Crippen LogP contribution in [0.4, 0.5) is 0 Å². The molecule has 2 aliphatic heterocycles. The summed E-state index contributed by atoms with van der Waals surface area (Å²) in [4.78, 5) is 10.1. The molecule has 21 heavy (non-hydrogen) atoms. The van der Waals surface area contributed by atoms with Gasteiger partial charge in [0.25, 0.3) is 0 Å². The molecule has 124 valence electrons. The molecule has 2 fully saturated rings. The van der Waals surface area contributed by atoms with Gasteiger partial charge < -0.3 is 19.1 Å².